The largest absolute Gasteiger partial charge is 0.469 e. The fourth-order valence-corrected chi connectivity index (χ4v) is 8.10. The van der Waals surface area contributed by atoms with Gasteiger partial charge < -0.3 is 20.1 Å². The first kappa shape index (κ1) is 40.7. The molecule has 8 nitrogen and oxygen atoms in total. The highest BCUT2D eigenvalue weighted by atomic mass is 16.5. The molecular formula is C41H62O8. The van der Waals surface area contributed by atoms with Gasteiger partial charge in [0.15, 0.2) is 0 Å². The molecule has 0 aliphatic heterocycles. The van der Waals surface area contributed by atoms with Crippen LogP contribution in [0.4, 0.5) is 0 Å². The van der Waals surface area contributed by atoms with Crippen LogP contribution in [0.25, 0.3) is 0 Å². The number of ether oxygens (including phenoxy) is 1. The van der Waals surface area contributed by atoms with Gasteiger partial charge in [-0.25, -0.2) is 0 Å². The van der Waals surface area contributed by atoms with Gasteiger partial charge in [0.2, 0.25) is 0 Å². The van der Waals surface area contributed by atoms with Crippen molar-refractivity contribution in [2.45, 2.75) is 137 Å². The van der Waals surface area contributed by atoms with Gasteiger partial charge in [0.1, 0.15) is 23.0 Å². The lowest BCUT2D eigenvalue weighted by Gasteiger charge is -2.47. The van der Waals surface area contributed by atoms with Gasteiger partial charge >= 0.3 is 5.97 Å². The zero-order valence-electron chi connectivity index (χ0n) is 31.4. The average molecular weight is 683 g/mol. The molecule has 3 aliphatic carbocycles. The van der Waals surface area contributed by atoms with Gasteiger partial charge in [0.05, 0.1) is 24.7 Å². The maximum absolute atomic E-state index is 14.6. The zero-order chi connectivity index (χ0) is 36.8. The van der Waals surface area contributed by atoms with Crippen LogP contribution in [0, 0.1) is 40.9 Å². The Hall–Kier alpha value is -2.68. The highest BCUT2D eigenvalue weighted by Gasteiger charge is 2.59. The smallest absolute Gasteiger partial charge is 0.313 e. The number of rotatable bonds is 2. The molecule has 0 heterocycles. The number of hydrogen-bond acceptors (Lipinski definition) is 8. The van der Waals surface area contributed by atoms with Crippen LogP contribution in [-0.2, 0) is 23.9 Å². The predicted molar refractivity (Wildman–Crippen MR) is 191 cm³/mol. The van der Waals surface area contributed by atoms with Crippen molar-refractivity contribution < 1.29 is 39.2 Å². The Kier molecular flexibility index (Phi) is 14.2. The molecule has 0 radical (unpaired) electrons. The zero-order valence-corrected chi connectivity index (χ0v) is 31.4. The standard InChI is InChI=1S/C41H62O8/c1-24(2)31-22-35(43)27(5)12-10-11-25(3)20-36(44)33-21-29(7)30-17-18-40(8,48)38(46)16-14-28(6)34(42)15-13-26(4)19-32(30)41(33,23-37(31)45)39(47)49-9/h14,17-19,24-25,27,31-34,38,42,46,48H,10-13,15-16,20-23H2,1-9H3/b18-17+,26-19+,28-14-/t25-,27+,31-,32-,33+,34-,38+,40-,41-/m1/s1. The molecule has 49 heavy (non-hydrogen) atoms. The number of esters is 1. The maximum atomic E-state index is 14.6. The van der Waals surface area contributed by atoms with Crippen LogP contribution in [0.15, 0.2) is 46.6 Å². The average Bonchev–Trinajstić information content (AvgIpc) is 3.03. The van der Waals surface area contributed by atoms with Crippen LogP contribution in [0.1, 0.15) is 120 Å². The molecule has 0 aromatic heterocycles. The van der Waals surface area contributed by atoms with E-state index in [-0.39, 0.29) is 67.2 Å². The van der Waals surface area contributed by atoms with Gasteiger partial charge in [-0.3, -0.25) is 19.2 Å². The second-order valence-corrected chi connectivity index (χ2v) is 16.1. The molecule has 0 unspecified atom stereocenters. The summed E-state index contributed by atoms with van der Waals surface area (Å²) >= 11 is 0. The molecule has 274 valence electrons. The number of methoxy groups -OCH3 is 1. The molecule has 8 heteroatoms. The second-order valence-electron chi connectivity index (χ2n) is 16.1. The first-order valence-electron chi connectivity index (χ1n) is 18.3. The lowest BCUT2D eigenvalue weighted by molar-refractivity contribution is -0.166. The number of aliphatic hydroxyl groups is 3. The van der Waals surface area contributed by atoms with E-state index in [2.05, 4.69) is 0 Å². The van der Waals surface area contributed by atoms with E-state index in [1.165, 1.54) is 20.1 Å². The SMILES string of the molecule is COC(=O)[C@@]12CC(=O)[C@@H](C(C)C)CC(=O)[C@@H](C)CCC[C@@H](C)CC(=O)[C@@H]1CC(C)=C1/C=C/[C@@](C)(O)[C@@H](O)C/C=C(/C)[C@H](O)CC/C(C)=C/[C@H]12. The molecule has 0 spiro atoms. The number of fused-ring (bicyclic) bond motifs is 3. The van der Waals surface area contributed by atoms with Crippen LogP contribution in [0.2, 0.25) is 0 Å². The Bertz CT molecular complexity index is 1360. The Morgan fingerprint density at radius 1 is 0.959 bits per heavy atom. The van der Waals surface area contributed by atoms with Crippen molar-refractivity contribution in [2.24, 2.45) is 40.9 Å². The number of aliphatic hydroxyl groups excluding tert-OH is 2. The third kappa shape index (κ3) is 9.56. The lowest BCUT2D eigenvalue weighted by Crippen LogP contribution is -2.53. The summed E-state index contributed by atoms with van der Waals surface area (Å²) in [5.74, 6) is -3.58. The molecule has 3 N–H and O–H groups in total. The Balaban J connectivity index is 2.38. The third-order valence-corrected chi connectivity index (χ3v) is 11.7. The van der Waals surface area contributed by atoms with Crippen LogP contribution in [-0.4, -0.2) is 63.6 Å². The molecule has 0 saturated heterocycles. The van der Waals surface area contributed by atoms with E-state index in [4.69, 9.17) is 4.74 Å². The van der Waals surface area contributed by atoms with Crippen molar-refractivity contribution in [1.82, 2.24) is 0 Å². The Morgan fingerprint density at radius 2 is 1.63 bits per heavy atom. The highest BCUT2D eigenvalue weighted by Crippen LogP contribution is 2.55. The molecule has 0 amide bonds. The van der Waals surface area contributed by atoms with E-state index in [1.807, 2.05) is 47.6 Å². The summed E-state index contributed by atoms with van der Waals surface area (Å²) in [6.45, 7) is 14.9. The van der Waals surface area contributed by atoms with E-state index in [0.29, 0.717) is 30.4 Å². The number of allylic oxidation sites excluding steroid dienone is 5. The second kappa shape index (κ2) is 17.0. The number of carbonyl (C=O) groups excluding carboxylic acids is 4. The normalized spacial score (nSPS) is 39.4. The Morgan fingerprint density at radius 3 is 2.27 bits per heavy atom. The summed E-state index contributed by atoms with van der Waals surface area (Å²) < 4.78 is 5.57. The molecule has 1 saturated carbocycles. The van der Waals surface area contributed by atoms with E-state index in [1.54, 1.807) is 19.1 Å². The molecule has 0 aromatic carbocycles. The molecule has 9 atom stereocenters. The van der Waals surface area contributed by atoms with Gasteiger partial charge in [-0.05, 0) is 82.8 Å². The first-order chi connectivity index (χ1) is 22.8. The van der Waals surface area contributed by atoms with Crippen molar-refractivity contribution in [3.05, 3.63) is 46.6 Å². The summed E-state index contributed by atoms with van der Waals surface area (Å²) in [6.07, 6.45) is 8.52. The molecular weight excluding hydrogens is 620 g/mol. The summed E-state index contributed by atoms with van der Waals surface area (Å²) in [5, 5.41) is 33.3. The van der Waals surface area contributed by atoms with Gasteiger partial charge in [-0.15, -0.1) is 0 Å². The molecule has 1 fully saturated rings. The molecule has 3 rings (SSSR count). The number of hydrogen-bond donors (Lipinski definition) is 3. The highest BCUT2D eigenvalue weighted by molar-refractivity contribution is 5.97. The monoisotopic (exact) mass is 682 g/mol. The third-order valence-electron chi connectivity index (χ3n) is 11.7. The summed E-state index contributed by atoms with van der Waals surface area (Å²) in [7, 11) is 1.29. The summed E-state index contributed by atoms with van der Waals surface area (Å²) in [4.78, 5) is 57.1. The topological polar surface area (TPSA) is 138 Å². The van der Waals surface area contributed by atoms with Gasteiger partial charge in [0.25, 0.3) is 0 Å². The first-order valence-corrected chi connectivity index (χ1v) is 18.3. The fraction of sp³-hybridized carbons (Fsp3) is 0.707. The number of carbonyl (C=O) groups is 4. The van der Waals surface area contributed by atoms with Crippen LogP contribution in [0.3, 0.4) is 0 Å². The summed E-state index contributed by atoms with van der Waals surface area (Å²) in [5.41, 5.74) is -0.197. The van der Waals surface area contributed by atoms with Gasteiger partial charge in [0, 0.05) is 42.9 Å². The van der Waals surface area contributed by atoms with E-state index < -0.39 is 46.9 Å². The number of ketones is 3. The van der Waals surface area contributed by atoms with Crippen molar-refractivity contribution in [1.29, 1.82) is 0 Å². The molecule has 3 aliphatic rings. The molecule has 0 aromatic rings. The van der Waals surface area contributed by atoms with Crippen molar-refractivity contribution >= 4 is 23.3 Å². The number of Topliss-reactive ketones (excluding diaryl/α,β-unsaturated/α-hetero) is 3. The predicted octanol–water partition coefficient (Wildman–Crippen LogP) is 6.81. The fourth-order valence-electron chi connectivity index (χ4n) is 8.10. The minimum atomic E-state index is -1.66. The summed E-state index contributed by atoms with van der Waals surface area (Å²) in [6, 6.07) is 0. The van der Waals surface area contributed by atoms with Crippen molar-refractivity contribution in [3.8, 4) is 0 Å². The minimum Gasteiger partial charge on any atom is -0.469 e. The Labute approximate surface area is 294 Å². The molecule has 0 bridgehead atoms. The lowest BCUT2D eigenvalue weighted by atomic mass is 9.53. The van der Waals surface area contributed by atoms with Crippen LogP contribution in [0.5, 0.6) is 0 Å². The van der Waals surface area contributed by atoms with Gasteiger partial charge in [-0.1, -0.05) is 76.0 Å². The van der Waals surface area contributed by atoms with Crippen LogP contribution < -0.4 is 0 Å². The minimum absolute atomic E-state index is 0.0217. The van der Waals surface area contributed by atoms with Crippen molar-refractivity contribution in [3.63, 3.8) is 0 Å². The quantitative estimate of drug-likeness (QED) is 0.213. The van der Waals surface area contributed by atoms with Crippen molar-refractivity contribution in [2.75, 3.05) is 7.11 Å². The van der Waals surface area contributed by atoms with E-state index >= 15 is 0 Å². The van der Waals surface area contributed by atoms with E-state index in [0.717, 1.165) is 24.0 Å². The maximum Gasteiger partial charge on any atom is 0.313 e. The van der Waals surface area contributed by atoms with Crippen LogP contribution >= 0.6 is 0 Å². The van der Waals surface area contributed by atoms with Gasteiger partial charge in [-0.2, -0.15) is 0 Å². The van der Waals surface area contributed by atoms with E-state index in [9.17, 15) is 34.5 Å².